The van der Waals surface area contributed by atoms with E-state index < -0.39 is 12.0 Å². The monoisotopic (exact) mass is 492 g/mol. The minimum absolute atomic E-state index is 0.0783. The first kappa shape index (κ1) is 27.0. The lowest BCUT2D eigenvalue weighted by Crippen LogP contribution is -2.42. The third-order valence-corrected chi connectivity index (χ3v) is 6.51. The van der Waals surface area contributed by atoms with Gasteiger partial charge in [0.05, 0.1) is 12.3 Å². The molecule has 0 radical (unpaired) electrons. The number of carbonyl (C=O) groups excluding carboxylic acids is 1. The first-order chi connectivity index (χ1) is 17.1. The van der Waals surface area contributed by atoms with Crippen LogP contribution in [0.1, 0.15) is 68.6 Å². The first-order valence-electron chi connectivity index (χ1n) is 12.4. The number of ether oxygens (including phenoxy) is 1. The van der Waals surface area contributed by atoms with E-state index in [1.165, 1.54) is 11.0 Å². The summed E-state index contributed by atoms with van der Waals surface area (Å²) in [6.45, 7) is 10.9. The number of carboxylic acids is 1. The molecular weight excluding hydrogens is 456 g/mol. The number of nitrogens with zero attached hydrogens (tertiary/aromatic N) is 2. The van der Waals surface area contributed by atoms with Crippen LogP contribution in [0.25, 0.3) is 6.08 Å². The van der Waals surface area contributed by atoms with Gasteiger partial charge < -0.3 is 19.2 Å². The van der Waals surface area contributed by atoms with E-state index in [2.05, 4.69) is 31.8 Å². The fourth-order valence-electron chi connectivity index (χ4n) is 3.97. The Morgan fingerprint density at radius 2 is 2.08 bits per heavy atom. The van der Waals surface area contributed by atoms with Gasteiger partial charge in [-0.2, -0.15) is 0 Å². The zero-order chi connectivity index (χ0) is 26.3. The standard InChI is InChI=1S/C29H36N2O5/c1-6-8-9-10-26(32)31-17-14-21-11-12-22(19-23(21)27(31)28(33)34)35-18-15-24-20(3)36-25(30-24)13-16-29(4,5)7-2/h6,8-13,16,19,27H,7,14-15,17-18H2,1-5H3,(H,33,34). The molecule has 1 aliphatic rings. The van der Waals surface area contributed by atoms with Crippen molar-refractivity contribution in [2.75, 3.05) is 13.2 Å². The third kappa shape index (κ3) is 6.74. The van der Waals surface area contributed by atoms with Crippen molar-refractivity contribution >= 4 is 18.0 Å². The second-order valence-electron chi connectivity index (χ2n) is 9.60. The van der Waals surface area contributed by atoms with Crippen LogP contribution in [-0.2, 0) is 22.4 Å². The quantitative estimate of drug-likeness (QED) is 0.338. The van der Waals surface area contributed by atoms with Crippen molar-refractivity contribution in [1.82, 2.24) is 9.88 Å². The number of amides is 1. The van der Waals surface area contributed by atoms with Crippen LogP contribution in [0.3, 0.4) is 0 Å². The summed E-state index contributed by atoms with van der Waals surface area (Å²) in [5.41, 5.74) is 2.40. The Labute approximate surface area is 213 Å². The summed E-state index contributed by atoms with van der Waals surface area (Å²) in [4.78, 5) is 30.8. The molecule has 0 spiro atoms. The van der Waals surface area contributed by atoms with Crippen molar-refractivity contribution < 1.29 is 23.8 Å². The maximum absolute atomic E-state index is 12.7. The molecule has 2 heterocycles. The maximum atomic E-state index is 12.7. The Kier molecular flexibility index (Phi) is 8.91. The van der Waals surface area contributed by atoms with E-state index in [0.29, 0.717) is 43.2 Å². The van der Waals surface area contributed by atoms with Crippen molar-refractivity contribution in [3.05, 3.63) is 77.1 Å². The molecule has 1 aliphatic heterocycles. The highest BCUT2D eigenvalue weighted by Gasteiger charge is 2.35. The Balaban J connectivity index is 1.70. The van der Waals surface area contributed by atoms with Gasteiger partial charge in [-0.15, -0.1) is 0 Å². The predicted octanol–water partition coefficient (Wildman–Crippen LogP) is 5.70. The Morgan fingerprint density at radius 3 is 2.78 bits per heavy atom. The van der Waals surface area contributed by atoms with E-state index in [4.69, 9.17) is 9.15 Å². The summed E-state index contributed by atoms with van der Waals surface area (Å²) in [6.07, 6.45) is 12.7. The fourth-order valence-corrected chi connectivity index (χ4v) is 3.97. The molecule has 1 atom stereocenters. The molecular formula is C29H36N2O5. The molecule has 1 aromatic carbocycles. The van der Waals surface area contributed by atoms with Crippen molar-refractivity contribution in [1.29, 1.82) is 0 Å². The lowest BCUT2D eigenvalue weighted by atomic mass is 9.90. The van der Waals surface area contributed by atoms with Gasteiger partial charge in [0.25, 0.3) is 0 Å². The molecule has 7 heteroatoms. The normalized spacial score (nSPS) is 16.2. The molecule has 0 saturated heterocycles. The van der Waals surface area contributed by atoms with Gasteiger partial charge in [0.2, 0.25) is 11.8 Å². The van der Waals surface area contributed by atoms with Crippen LogP contribution in [0.4, 0.5) is 0 Å². The first-order valence-corrected chi connectivity index (χ1v) is 12.4. The largest absolute Gasteiger partial charge is 0.493 e. The molecule has 0 saturated carbocycles. The summed E-state index contributed by atoms with van der Waals surface area (Å²) >= 11 is 0. The molecule has 7 nitrogen and oxygen atoms in total. The number of hydrogen-bond acceptors (Lipinski definition) is 5. The zero-order valence-corrected chi connectivity index (χ0v) is 21.8. The van der Waals surface area contributed by atoms with Gasteiger partial charge in [-0.1, -0.05) is 51.1 Å². The summed E-state index contributed by atoms with van der Waals surface area (Å²) in [5, 5.41) is 9.94. The van der Waals surface area contributed by atoms with Crippen LogP contribution < -0.4 is 4.74 Å². The minimum atomic E-state index is -1.06. The minimum Gasteiger partial charge on any atom is -0.493 e. The average molecular weight is 493 g/mol. The van der Waals surface area contributed by atoms with Gasteiger partial charge in [-0.3, -0.25) is 4.79 Å². The average Bonchev–Trinajstić information content (AvgIpc) is 3.21. The molecule has 0 aliphatic carbocycles. The van der Waals surface area contributed by atoms with E-state index in [1.807, 2.05) is 32.1 Å². The van der Waals surface area contributed by atoms with E-state index in [0.717, 1.165) is 23.4 Å². The zero-order valence-electron chi connectivity index (χ0n) is 21.8. The van der Waals surface area contributed by atoms with E-state index in [1.54, 1.807) is 24.3 Å². The highest BCUT2D eigenvalue weighted by atomic mass is 16.5. The van der Waals surface area contributed by atoms with Crippen LogP contribution in [0.15, 0.2) is 53.0 Å². The summed E-state index contributed by atoms with van der Waals surface area (Å²) in [5.74, 6) is 0.501. The summed E-state index contributed by atoms with van der Waals surface area (Å²) in [7, 11) is 0. The molecule has 2 aromatic rings. The molecule has 3 rings (SSSR count). The van der Waals surface area contributed by atoms with Crippen LogP contribution >= 0.6 is 0 Å². The van der Waals surface area contributed by atoms with Crippen LogP contribution in [0, 0.1) is 12.3 Å². The number of benzene rings is 1. The summed E-state index contributed by atoms with van der Waals surface area (Å²) in [6, 6.07) is 4.41. The van der Waals surface area contributed by atoms with Gasteiger partial charge in [0.1, 0.15) is 11.5 Å². The number of aromatic nitrogens is 1. The SMILES string of the molecule is CC=CC=CC(=O)N1CCc2ccc(OCCc3nc(C=CC(C)(C)CC)oc3C)cc2C1C(=O)O. The van der Waals surface area contributed by atoms with Crippen LogP contribution in [-0.4, -0.2) is 40.0 Å². The number of carboxylic acid groups (broad SMARTS) is 1. The van der Waals surface area contributed by atoms with Gasteiger partial charge in [0, 0.05) is 19.0 Å². The van der Waals surface area contributed by atoms with Crippen molar-refractivity contribution in [3.63, 3.8) is 0 Å². The van der Waals surface area contributed by atoms with Gasteiger partial charge in [0.15, 0.2) is 6.04 Å². The second kappa shape index (κ2) is 11.9. The topological polar surface area (TPSA) is 92.9 Å². The molecule has 192 valence electrons. The Hall–Kier alpha value is -3.61. The van der Waals surface area contributed by atoms with Crippen molar-refractivity contribution in [2.24, 2.45) is 5.41 Å². The van der Waals surface area contributed by atoms with Crippen LogP contribution in [0.5, 0.6) is 5.75 Å². The number of aryl methyl sites for hydroxylation is 1. The molecule has 36 heavy (non-hydrogen) atoms. The predicted molar refractivity (Wildman–Crippen MR) is 140 cm³/mol. The smallest absolute Gasteiger partial charge is 0.331 e. The third-order valence-electron chi connectivity index (χ3n) is 6.51. The van der Waals surface area contributed by atoms with Gasteiger partial charge in [-0.05, 0) is 61.4 Å². The van der Waals surface area contributed by atoms with Gasteiger partial charge >= 0.3 is 5.97 Å². The number of aliphatic carboxylic acids is 1. The van der Waals surface area contributed by atoms with Crippen molar-refractivity contribution in [2.45, 2.75) is 59.9 Å². The lowest BCUT2D eigenvalue weighted by Gasteiger charge is -2.34. The van der Waals surface area contributed by atoms with Crippen LogP contribution in [0.2, 0.25) is 0 Å². The molecule has 0 bridgehead atoms. The maximum Gasteiger partial charge on any atom is 0.331 e. The van der Waals surface area contributed by atoms with Crippen molar-refractivity contribution in [3.8, 4) is 5.75 Å². The molecule has 1 amide bonds. The summed E-state index contributed by atoms with van der Waals surface area (Å²) < 4.78 is 11.7. The fraction of sp³-hybridized carbons (Fsp3) is 0.414. The van der Waals surface area contributed by atoms with E-state index in [9.17, 15) is 14.7 Å². The molecule has 1 unspecified atom stereocenters. The second-order valence-corrected chi connectivity index (χ2v) is 9.60. The number of carbonyl (C=O) groups is 2. The number of oxazole rings is 1. The Bertz CT molecular complexity index is 1170. The number of hydrogen-bond donors (Lipinski definition) is 1. The van der Waals surface area contributed by atoms with E-state index >= 15 is 0 Å². The van der Waals surface area contributed by atoms with Gasteiger partial charge in [-0.25, -0.2) is 9.78 Å². The highest BCUT2D eigenvalue weighted by molar-refractivity contribution is 5.92. The molecule has 1 aromatic heterocycles. The Morgan fingerprint density at radius 1 is 1.31 bits per heavy atom. The highest BCUT2D eigenvalue weighted by Crippen LogP contribution is 2.33. The number of fused-ring (bicyclic) bond motifs is 1. The van der Waals surface area contributed by atoms with E-state index in [-0.39, 0.29) is 11.3 Å². The number of rotatable bonds is 10. The molecule has 0 fully saturated rings. The lowest BCUT2D eigenvalue weighted by molar-refractivity contribution is -0.149. The number of allylic oxidation sites excluding steroid dienone is 4. The molecule has 1 N–H and O–H groups in total.